The Balaban J connectivity index is 2.37. The highest BCUT2D eigenvalue weighted by Gasteiger charge is 2.35. The molecule has 0 unspecified atom stereocenters. The third-order valence-electron chi connectivity index (χ3n) is 2.73. The van der Waals surface area contributed by atoms with Crippen molar-refractivity contribution in [3.8, 4) is 11.8 Å². The van der Waals surface area contributed by atoms with Gasteiger partial charge in [-0.3, -0.25) is 4.79 Å². The minimum absolute atomic E-state index is 0.235. The maximum Gasteiger partial charge on any atom is 0.245 e. The van der Waals surface area contributed by atoms with Crippen LogP contribution in [0.5, 0.6) is 5.75 Å². The lowest BCUT2D eigenvalue weighted by molar-refractivity contribution is -0.123. The molecule has 0 aromatic heterocycles. The summed E-state index contributed by atoms with van der Waals surface area (Å²) in [6.45, 7) is 0. The molecule has 1 aliphatic heterocycles. The Morgan fingerprint density at radius 1 is 1.50 bits per heavy atom. The summed E-state index contributed by atoms with van der Waals surface area (Å²) in [5, 5.41) is 14.7. The molecule has 1 aromatic carbocycles. The number of nitrogens with zero attached hydrogens (tertiary/aromatic N) is 1. The van der Waals surface area contributed by atoms with Crippen molar-refractivity contribution in [3.05, 3.63) is 29.8 Å². The Morgan fingerprint density at radius 2 is 2.28 bits per heavy atom. The molecule has 2 rings (SSSR count). The van der Waals surface area contributed by atoms with Crippen molar-refractivity contribution < 1.29 is 9.53 Å². The Morgan fingerprint density at radius 3 is 2.94 bits per heavy atom. The topological polar surface area (TPSA) is 74.2 Å². The monoisotopic (exact) mass is 261 g/mol. The first kappa shape index (κ1) is 12.3. The van der Waals surface area contributed by atoms with Gasteiger partial charge in [0, 0.05) is 0 Å². The summed E-state index contributed by atoms with van der Waals surface area (Å²) >= 11 is 4.94. The van der Waals surface area contributed by atoms with E-state index in [4.69, 9.17) is 22.2 Å². The van der Waals surface area contributed by atoms with Crippen molar-refractivity contribution in [3.63, 3.8) is 0 Å². The van der Waals surface area contributed by atoms with Crippen LogP contribution in [0.2, 0.25) is 0 Å². The van der Waals surface area contributed by atoms with Gasteiger partial charge in [-0.05, 0) is 29.9 Å². The van der Waals surface area contributed by atoms with E-state index in [2.05, 4.69) is 10.6 Å². The largest absolute Gasteiger partial charge is 0.497 e. The fourth-order valence-electron chi connectivity index (χ4n) is 1.85. The lowest BCUT2D eigenvalue weighted by atomic mass is 9.92. The van der Waals surface area contributed by atoms with E-state index in [9.17, 15) is 4.79 Å². The standard InChI is InChI=1S/C12H11N3O2S/c1-17-8-4-2-3-7(5-8)10-9(6-13)11(16)15-12(18)14-10/h2-5,9-10H,1H3,(H2,14,15,16,18)/t9-,10+/m1/s1. The first-order valence-corrected chi connectivity index (χ1v) is 5.71. The van der Waals surface area contributed by atoms with Crippen LogP contribution in [0.15, 0.2) is 24.3 Å². The molecule has 18 heavy (non-hydrogen) atoms. The van der Waals surface area contributed by atoms with Gasteiger partial charge < -0.3 is 15.4 Å². The van der Waals surface area contributed by atoms with E-state index < -0.39 is 12.0 Å². The number of thiocarbonyl (C=S) groups is 1. The fraction of sp³-hybridized carbons (Fsp3) is 0.250. The second-order valence-corrected chi connectivity index (χ2v) is 4.23. The molecule has 0 aliphatic carbocycles. The summed E-state index contributed by atoms with van der Waals surface area (Å²) in [6.07, 6.45) is 0. The van der Waals surface area contributed by atoms with Crippen LogP contribution in [0, 0.1) is 17.2 Å². The van der Waals surface area contributed by atoms with Gasteiger partial charge >= 0.3 is 0 Å². The average molecular weight is 261 g/mol. The molecular weight excluding hydrogens is 250 g/mol. The minimum Gasteiger partial charge on any atom is -0.497 e. The summed E-state index contributed by atoms with van der Waals surface area (Å²) in [5.74, 6) is -0.527. The van der Waals surface area contributed by atoms with Crippen LogP contribution in [0.4, 0.5) is 0 Å². The first-order valence-electron chi connectivity index (χ1n) is 5.30. The van der Waals surface area contributed by atoms with Gasteiger partial charge in [-0.1, -0.05) is 12.1 Å². The van der Waals surface area contributed by atoms with Gasteiger partial charge in [-0.25, -0.2) is 0 Å². The van der Waals surface area contributed by atoms with Crippen molar-refractivity contribution in [2.24, 2.45) is 5.92 Å². The third-order valence-corrected chi connectivity index (χ3v) is 2.95. The van der Waals surface area contributed by atoms with Gasteiger partial charge in [0.05, 0.1) is 19.2 Å². The molecular formula is C12H11N3O2S. The number of nitriles is 1. The molecule has 2 atom stereocenters. The van der Waals surface area contributed by atoms with Gasteiger partial charge in [0.1, 0.15) is 11.7 Å². The maximum atomic E-state index is 11.7. The third kappa shape index (κ3) is 2.26. The molecule has 1 saturated heterocycles. The van der Waals surface area contributed by atoms with Crippen molar-refractivity contribution in [2.75, 3.05) is 7.11 Å². The Kier molecular flexibility index (Phi) is 3.44. The number of carbonyl (C=O) groups excluding carboxylic acids is 1. The zero-order chi connectivity index (χ0) is 13.1. The van der Waals surface area contributed by atoms with Crippen LogP contribution in [-0.4, -0.2) is 18.1 Å². The smallest absolute Gasteiger partial charge is 0.245 e. The number of carbonyl (C=O) groups is 1. The zero-order valence-electron chi connectivity index (χ0n) is 9.64. The van der Waals surface area contributed by atoms with Crippen LogP contribution < -0.4 is 15.4 Å². The van der Waals surface area contributed by atoms with E-state index >= 15 is 0 Å². The number of benzene rings is 1. The molecule has 1 aromatic rings. The Labute approximate surface area is 110 Å². The van der Waals surface area contributed by atoms with Gasteiger partial charge in [0.25, 0.3) is 0 Å². The van der Waals surface area contributed by atoms with Gasteiger partial charge in [0.15, 0.2) is 5.11 Å². The second kappa shape index (κ2) is 5.02. The number of rotatable bonds is 2. The summed E-state index contributed by atoms with van der Waals surface area (Å²) in [6, 6.07) is 8.74. The summed E-state index contributed by atoms with van der Waals surface area (Å²) in [4.78, 5) is 11.7. The predicted octanol–water partition coefficient (Wildman–Crippen LogP) is 0.880. The van der Waals surface area contributed by atoms with E-state index in [1.165, 1.54) is 0 Å². The molecule has 0 saturated carbocycles. The number of hydrogen-bond acceptors (Lipinski definition) is 4. The second-order valence-electron chi connectivity index (χ2n) is 3.82. The highest BCUT2D eigenvalue weighted by molar-refractivity contribution is 7.80. The molecule has 0 bridgehead atoms. The number of hydrogen-bond donors (Lipinski definition) is 2. The van der Waals surface area contributed by atoms with Crippen LogP contribution >= 0.6 is 12.2 Å². The van der Waals surface area contributed by atoms with E-state index in [0.717, 1.165) is 5.56 Å². The lowest BCUT2D eigenvalue weighted by Gasteiger charge is -2.29. The average Bonchev–Trinajstić information content (AvgIpc) is 2.38. The predicted molar refractivity (Wildman–Crippen MR) is 68.7 cm³/mol. The van der Waals surface area contributed by atoms with Gasteiger partial charge in [0.2, 0.25) is 5.91 Å². The zero-order valence-corrected chi connectivity index (χ0v) is 10.5. The normalized spacial score (nSPS) is 22.7. The molecule has 0 radical (unpaired) electrons. The fourth-order valence-corrected chi connectivity index (χ4v) is 2.07. The highest BCUT2D eigenvalue weighted by atomic mass is 32.1. The molecule has 92 valence electrons. The molecule has 0 spiro atoms. The van der Waals surface area contributed by atoms with E-state index in [-0.39, 0.29) is 11.0 Å². The summed E-state index contributed by atoms with van der Waals surface area (Å²) in [5.41, 5.74) is 0.790. The van der Waals surface area contributed by atoms with Gasteiger partial charge in [-0.2, -0.15) is 5.26 Å². The van der Waals surface area contributed by atoms with Crippen LogP contribution in [-0.2, 0) is 4.79 Å². The number of amides is 1. The molecule has 6 heteroatoms. The van der Waals surface area contributed by atoms with E-state index in [1.54, 1.807) is 25.3 Å². The van der Waals surface area contributed by atoms with Crippen molar-refractivity contribution in [1.29, 1.82) is 5.26 Å². The number of ether oxygens (including phenoxy) is 1. The molecule has 5 nitrogen and oxygen atoms in total. The van der Waals surface area contributed by atoms with Crippen molar-refractivity contribution in [1.82, 2.24) is 10.6 Å². The van der Waals surface area contributed by atoms with E-state index in [0.29, 0.717) is 5.75 Å². The van der Waals surface area contributed by atoms with Gasteiger partial charge in [-0.15, -0.1) is 0 Å². The van der Waals surface area contributed by atoms with E-state index in [1.807, 2.05) is 12.1 Å². The Hall–Kier alpha value is -2.13. The summed E-state index contributed by atoms with van der Waals surface area (Å²) < 4.78 is 5.12. The maximum absolute atomic E-state index is 11.7. The molecule has 1 fully saturated rings. The van der Waals surface area contributed by atoms with Crippen molar-refractivity contribution >= 4 is 23.2 Å². The van der Waals surface area contributed by atoms with Crippen molar-refractivity contribution in [2.45, 2.75) is 6.04 Å². The minimum atomic E-state index is -0.816. The quantitative estimate of drug-likeness (QED) is 0.773. The Bertz CT molecular complexity index is 538. The lowest BCUT2D eigenvalue weighted by Crippen LogP contribution is -2.53. The summed E-state index contributed by atoms with van der Waals surface area (Å²) in [7, 11) is 1.56. The highest BCUT2D eigenvalue weighted by Crippen LogP contribution is 2.27. The SMILES string of the molecule is COc1cccc([C@@H]2NC(=S)NC(=O)[C@@H]2C#N)c1. The molecule has 1 heterocycles. The van der Waals surface area contributed by atoms with Crippen LogP contribution in [0.3, 0.4) is 0 Å². The molecule has 2 N–H and O–H groups in total. The number of nitrogens with one attached hydrogen (secondary N) is 2. The first-order chi connectivity index (χ1) is 8.65. The van der Waals surface area contributed by atoms with Crippen LogP contribution in [0.25, 0.3) is 0 Å². The molecule has 1 aliphatic rings. The number of methoxy groups -OCH3 is 1. The van der Waals surface area contributed by atoms with Crippen LogP contribution in [0.1, 0.15) is 11.6 Å². The molecule has 1 amide bonds.